The predicted octanol–water partition coefficient (Wildman–Crippen LogP) is 3.31. The summed E-state index contributed by atoms with van der Waals surface area (Å²) >= 11 is 0. The number of carbonyl (C=O) groups is 2. The van der Waals surface area contributed by atoms with Gasteiger partial charge in [0.25, 0.3) is 5.91 Å². The fraction of sp³-hybridized carbons (Fsp3) is 0.500. The van der Waals surface area contributed by atoms with Gasteiger partial charge in [-0.05, 0) is 60.1 Å². The minimum atomic E-state index is -0.138. The lowest BCUT2D eigenvalue weighted by Crippen LogP contribution is -2.45. The minimum Gasteiger partial charge on any atom is -0.375 e. The van der Waals surface area contributed by atoms with Crippen molar-refractivity contribution in [1.82, 2.24) is 15.2 Å². The van der Waals surface area contributed by atoms with Gasteiger partial charge >= 0.3 is 0 Å². The van der Waals surface area contributed by atoms with E-state index in [-0.39, 0.29) is 35.9 Å². The SMILES string of the molecule is COCC(=O)NC1CC(C)(C)c2ccc(C(=O)N(C)C3CCN(c4ccncc4)CC3)cc21. The maximum atomic E-state index is 13.4. The maximum Gasteiger partial charge on any atom is 0.253 e. The van der Waals surface area contributed by atoms with Crippen LogP contribution in [0.5, 0.6) is 0 Å². The van der Waals surface area contributed by atoms with E-state index in [2.05, 4.69) is 35.1 Å². The van der Waals surface area contributed by atoms with Gasteiger partial charge in [-0.1, -0.05) is 19.9 Å². The van der Waals surface area contributed by atoms with Crippen molar-refractivity contribution in [2.75, 3.05) is 38.8 Å². The summed E-state index contributed by atoms with van der Waals surface area (Å²) in [6, 6.07) is 10.1. The standard InChI is InChI=1S/C26H34N4O3/c1-26(2)16-23(28-24(31)17-33-4)21-15-18(5-6-22(21)26)25(32)29(3)19-9-13-30(14-10-19)20-7-11-27-12-8-20/h5-8,11-12,15,19,23H,9-10,13-14,16-17H2,1-4H3,(H,28,31). The quantitative estimate of drug-likeness (QED) is 0.731. The molecule has 1 aliphatic carbocycles. The first-order valence-electron chi connectivity index (χ1n) is 11.6. The van der Waals surface area contributed by atoms with E-state index in [0.717, 1.165) is 37.9 Å². The Labute approximate surface area is 196 Å². The Morgan fingerprint density at radius 3 is 2.55 bits per heavy atom. The summed E-state index contributed by atoms with van der Waals surface area (Å²) in [7, 11) is 3.42. The molecule has 1 aromatic carbocycles. The van der Waals surface area contributed by atoms with Gasteiger partial charge in [0.15, 0.2) is 0 Å². The molecule has 0 spiro atoms. The molecular weight excluding hydrogens is 416 g/mol. The van der Waals surface area contributed by atoms with Crippen LogP contribution in [0, 0.1) is 0 Å². The smallest absolute Gasteiger partial charge is 0.253 e. The van der Waals surface area contributed by atoms with Gasteiger partial charge in [0, 0.05) is 56.9 Å². The van der Waals surface area contributed by atoms with Crippen molar-refractivity contribution >= 4 is 17.5 Å². The van der Waals surface area contributed by atoms with Gasteiger partial charge in [-0.2, -0.15) is 0 Å². The third-order valence-corrected chi connectivity index (χ3v) is 7.09. The number of benzene rings is 1. The van der Waals surface area contributed by atoms with Gasteiger partial charge < -0.3 is 19.9 Å². The summed E-state index contributed by atoms with van der Waals surface area (Å²) < 4.78 is 4.97. The van der Waals surface area contributed by atoms with Crippen molar-refractivity contribution < 1.29 is 14.3 Å². The molecule has 2 aromatic rings. The Balaban J connectivity index is 1.46. The second kappa shape index (κ2) is 9.51. The molecule has 0 bridgehead atoms. The molecule has 2 aliphatic rings. The number of nitrogens with zero attached hydrogens (tertiary/aromatic N) is 3. The molecule has 1 N–H and O–H groups in total. The summed E-state index contributed by atoms with van der Waals surface area (Å²) in [5, 5.41) is 3.07. The van der Waals surface area contributed by atoms with Crippen molar-refractivity contribution in [2.24, 2.45) is 0 Å². The zero-order valence-electron chi connectivity index (χ0n) is 20.0. The molecule has 7 nitrogen and oxygen atoms in total. The third kappa shape index (κ3) is 4.88. The lowest BCUT2D eigenvalue weighted by molar-refractivity contribution is -0.125. The van der Waals surface area contributed by atoms with Crippen LogP contribution in [0.25, 0.3) is 0 Å². The highest BCUT2D eigenvalue weighted by molar-refractivity contribution is 5.94. The number of carbonyl (C=O) groups excluding carboxylic acids is 2. The molecular formula is C26H34N4O3. The van der Waals surface area contributed by atoms with E-state index < -0.39 is 0 Å². The van der Waals surface area contributed by atoms with E-state index in [4.69, 9.17) is 4.74 Å². The molecule has 7 heteroatoms. The molecule has 1 saturated heterocycles. The van der Waals surface area contributed by atoms with Crippen LogP contribution >= 0.6 is 0 Å². The number of aromatic nitrogens is 1. The molecule has 2 heterocycles. The van der Waals surface area contributed by atoms with E-state index in [1.54, 1.807) is 0 Å². The number of piperidine rings is 1. The van der Waals surface area contributed by atoms with Gasteiger partial charge in [-0.3, -0.25) is 14.6 Å². The molecule has 1 unspecified atom stereocenters. The summed E-state index contributed by atoms with van der Waals surface area (Å²) in [6.07, 6.45) is 6.30. The first kappa shape index (κ1) is 23.2. The lowest BCUT2D eigenvalue weighted by Gasteiger charge is -2.38. The van der Waals surface area contributed by atoms with Crippen molar-refractivity contribution in [1.29, 1.82) is 0 Å². The molecule has 2 amide bonds. The highest BCUT2D eigenvalue weighted by Crippen LogP contribution is 2.45. The number of methoxy groups -OCH3 is 1. The molecule has 0 radical (unpaired) electrons. The van der Waals surface area contributed by atoms with Gasteiger partial charge in [0.2, 0.25) is 5.91 Å². The number of ether oxygens (including phenoxy) is 1. The van der Waals surface area contributed by atoms with Crippen LogP contribution in [0.3, 0.4) is 0 Å². The number of amides is 2. The van der Waals surface area contributed by atoms with Gasteiger partial charge in [-0.15, -0.1) is 0 Å². The van der Waals surface area contributed by atoms with E-state index in [0.29, 0.717) is 5.56 Å². The molecule has 176 valence electrons. The Kier molecular flexibility index (Phi) is 6.70. The Morgan fingerprint density at radius 1 is 1.18 bits per heavy atom. The average molecular weight is 451 g/mol. The predicted molar refractivity (Wildman–Crippen MR) is 128 cm³/mol. The van der Waals surface area contributed by atoms with Crippen LogP contribution in [0.1, 0.15) is 60.6 Å². The van der Waals surface area contributed by atoms with Crippen LogP contribution in [0.2, 0.25) is 0 Å². The van der Waals surface area contributed by atoms with E-state index in [1.165, 1.54) is 18.4 Å². The summed E-state index contributed by atoms with van der Waals surface area (Å²) in [6.45, 7) is 6.22. The second-order valence-corrected chi connectivity index (χ2v) is 9.78. The molecule has 4 rings (SSSR count). The van der Waals surface area contributed by atoms with E-state index in [9.17, 15) is 9.59 Å². The van der Waals surface area contributed by atoms with Crippen LogP contribution in [0.15, 0.2) is 42.7 Å². The third-order valence-electron chi connectivity index (χ3n) is 7.09. The Morgan fingerprint density at radius 2 is 1.88 bits per heavy atom. The summed E-state index contributed by atoms with van der Waals surface area (Å²) in [4.78, 5) is 33.9. The van der Waals surface area contributed by atoms with Crippen molar-refractivity contribution in [3.8, 4) is 0 Å². The minimum absolute atomic E-state index is 0.0335. The number of anilines is 1. The topological polar surface area (TPSA) is 74.8 Å². The van der Waals surface area contributed by atoms with Crippen LogP contribution in [0.4, 0.5) is 5.69 Å². The number of fused-ring (bicyclic) bond motifs is 1. The van der Waals surface area contributed by atoms with Gasteiger partial charge in [-0.25, -0.2) is 0 Å². The summed E-state index contributed by atoms with van der Waals surface area (Å²) in [5.74, 6) is -0.104. The van der Waals surface area contributed by atoms with E-state index in [1.807, 2.05) is 48.6 Å². The number of hydrogen-bond donors (Lipinski definition) is 1. The normalized spacial score (nSPS) is 19.8. The zero-order valence-corrected chi connectivity index (χ0v) is 20.0. The largest absolute Gasteiger partial charge is 0.375 e. The molecule has 1 fully saturated rings. The lowest BCUT2D eigenvalue weighted by atomic mass is 9.86. The van der Waals surface area contributed by atoms with Crippen molar-refractivity contribution in [2.45, 2.75) is 50.6 Å². The zero-order chi connectivity index (χ0) is 23.6. The molecule has 0 saturated carbocycles. The van der Waals surface area contributed by atoms with E-state index >= 15 is 0 Å². The highest BCUT2D eigenvalue weighted by Gasteiger charge is 2.38. The first-order chi connectivity index (χ1) is 15.8. The molecule has 1 atom stereocenters. The van der Waals surface area contributed by atoms with Crippen LogP contribution < -0.4 is 10.2 Å². The molecule has 1 aromatic heterocycles. The Bertz CT molecular complexity index is 1000. The Hall–Kier alpha value is -2.93. The first-order valence-corrected chi connectivity index (χ1v) is 11.6. The number of hydrogen-bond acceptors (Lipinski definition) is 5. The van der Waals surface area contributed by atoms with Crippen molar-refractivity contribution in [3.05, 3.63) is 59.4 Å². The highest BCUT2D eigenvalue weighted by atomic mass is 16.5. The van der Waals surface area contributed by atoms with Crippen LogP contribution in [-0.2, 0) is 14.9 Å². The van der Waals surface area contributed by atoms with Crippen LogP contribution in [-0.4, -0.2) is 61.6 Å². The fourth-order valence-electron chi connectivity index (χ4n) is 5.26. The molecule has 1 aliphatic heterocycles. The number of nitrogens with one attached hydrogen (secondary N) is 1. The van der Waals surface area contributed by atoms with Crippen molar-refractivity contribution in [3.63, 3.8) is 0 Å². The van der Waals surface area contributed by atoms with Gasteiger partial charge in [0.1, 0.15) is 6.61 Å². The van der Waals surface area contributed by atoms with Gasteiger partial charge in [0.05, 0.1) is 6.04 Å². The average Bonchev–Trinajstić information content (AvgIpc) is 3.08. The maximum absolute atomic E-state index is 13.4. The molecule has 33 heavy (non-hydrogen) atoms. The second-order valence-electron chi connectivity index (χ2n) is 9.78. The monoisotopic (exact) mass is 450 g/mol. The fourth-order valence-corrected chi connectivity index (χ4v) is 5.26. The summed E-state index contributed by atoms with van der Waals surface area (Å²) in [5.41, 5.74) is 4.02. The number of pyridine rings is 1. The number of rotatable bonds is 6.